The van der Waals surface area contributed by atoms with Crippen LogP contribution in [0.5, 0.6) is 5.75 Å². The number of hydrogen-bond donors (Lipinski definition) is 0. The van der Waals surface area contributed by atoms with Crippen LogP contribution in [0.3, 0.4) is 0 Å². The van der Waals surface area contributed by atoms with Crippen molar-refractivity contribution in [1.82, 2.24) is 0 Å². The highest BCUT2D eigenvalue weighted by molar-refractivity contribution is 5.87. The Labute approximate surface area is 365 Å². The molecule has 3 aromatic rings. The summed E-state index contributed by atoms with van der Waals surface area (Å²) in [7, 11) is 0. The van der Waals surface area contributed by atoms with E-state index in [1.165, 1.54) is 68.1 Å². The summed E-state index contributed by atoms with van der Waals surface area (Å²) < 4.78 is 17.5. The van der Waals surface area contributed by atoms with Crippen molar-refractivity contribution < 1.29 is 23.8 Å². The van der Waals surface area contributed by atoms with E-state index in [1.807, 2.05) is 0 Å². The molecule has 0 bridgehead atoms. The number of rotatable bonds is 24. The first-order valence-corrected chi connectivity index (χ1v) is 22.3. The lowest BCUT2D eigenvalue weighted by atomic mass is 9.77. The minimum atomic E-state index is -0.976. The van der Waals surface area contributed by atoms with E-state index >= 15 is 0 Å². The fraction of sp³-hybridized carbons (Fsp3) is 0.491. The van der Waals surface area contributed by atoms with Gasteiger partial charge in [0.15, 0.2) is 0 Å². The van der Waals surface area contributed by atoms with Gasteiger partial charge in [-0.1, -0.05) is 95.2 Å². The fourth-order valence-corrected chi connectivity index (χ4v) is 8.40. The molecule has 8 nitrogen and oxygen atoms in total. The molecule has 0 heterocycles. The number of ether oxygens (including phenoxy) is 3. The Hall–Kier alpha value is -5.65. The number of nitrogens with zero attached hydrogens (tertiary/aromatic N) is 3. The van der Waals surface area contributed by atoms with Crippen molar-refractivity contribution in [3.8, 4) is 46.2 Å². The minimum absolute atomic E-state index is 0.00960. The van der Waals surface area contributed by atoms with Gasteiger partial charge in [-0.15, -0.1) is 0 Å². The van der Waals surface area contributed by atoms with E-state index in [-0.39, 0.29) is 39.1 Å². The van der Waals surface area contributed by atoms with Crippen molar-refractivity contribution >= 4 is 11.9 Å². The Balaban J connectivity index is 1.69. The second kappa shape index (κ2) is 24.6. The third kappa shape index (κ3) is 14.2. The van der Waals surface area contributed by atoms with Crippen LogP contribution >= 0.6 is 0 Å². The molecule has 1 aliphatic carbocycles. The molecule has 0 aromatic heterocycles. The van der Waals surface area contributed by atoms with Gasteiger partial charge in [0.05, 0.1) is 38.0 Å². The highest BCUT2D eigenvalue weighted by Gasteiger charge is 2.32. The lowest BCUT2D eigenvalue weighted by Crippen LogP contribution is -2.28. The summed E-state index contributed by atoms with van der Waals surface area (Å²) in [5.74, 6) is 1.22. The van der Waals surface area contributed by atoms with Gasteiger partial charge in [-0.05, 0) is 140 Å². The Morgan fingerprint density at radius 1 is 0.689 bits per heavy atom. The topological polar surface area (TPSA) is 133 Å². The van der Waals surface area contributed by atoms with Crippen molar-refractivity contribution in [3.63, 3.8) is 0 Å². The summed E-state index contributed by atoms with van der Waals surface area (Å²) in [6.45, 7) is 15.4. The smallest absolute Gasteiger partial charge is 0.333 e. The summed E-state index contributed by atoms with van der Waals surface area (Å²) in [6.07, 6.45) is 13.4. The van der Waals surface area contributed by atoms with Crippen LogP contribution in [0.4, 0.5) is 0 Å². The molecule has 0 radical (unpaired) electrons. The van der Waals surface area contributed by atoms with Gasteiger partial charge in [-0.3, -0.25) is 0 Å². The van der Waals surface area contributed by atoms with Crippen molar-refractivity contribution in [2.45, 2.75) is 136 Å². The quantitative estimate of drug-likeness (QED) is 0.0495. The van der Waals surface area contributed by atoms with Crippen LogP contribution in [0.1, 0.15) is 139 Å². The minimum Gasteiger partial charge on any atom is -0.492 e. The first-order chi connectivity index (χ1) is 29.5. The van der Waals surface area contributed by atoms with E-state index in [2.05, 4.69) is 99.8 Å². The van der Waals surface area contributed by atoms with Gasteiger partial charge in [0.25, 0.3) is 0 Å². The SMILES string of the molecule is C=C(C)C(=O)OCCCc1cc(-c2ccc(-c3ccc(C4CCC(CCCCC)CC4)cc3)cc2CC)cc(CCCOC(=O)C(=C)C)c1OCC(CC#N)(CC#N)CC#N. The molecule has 0 atom stereocenters. The molecule has 61 heavy (non-hydrogen) atoms. The molecule has 3 aromatic carbocycles. The molecular formula is C53H65N3O5. The van der Waals surface area contributed by atoms with Crippen LogP contribution in [0.25, 0.3) is 22.3 Å². The summed E-state index contributed by atoms with van der Waals surface area (Å²) in [5.41, 5.74) is 8.48. The third-order valence-electron chi connectivity index (χ3n) is 12.0. The van der Waals surface area contributed by atoms with Crippen LogP contribution < -0.4 is 4.74 Å². The highest BCUT2D eigenvalue weighted by Crippen LogP contribution is 2.40. The summed E-state index contributed by atoms with van der Waals surface area (Å²) >= 11 is 0. The predicted molar refractivity (Wildman–Crippen MR) is 242 cm³/mol. The molecule has 322 valence electrons. The third-order valence-corrected chi connectivity index (χ3v) is 12.0. The van der Waals surface area contributed by atoms with Gasteiger partial charge < -0.3 is 14.2 Å². The second-order valence-corrected chi connectivity index (χ2v) is 17.0. The zero-order valence-corrected chi connectivity index (χ0v) is 37.1. The van der Waals surface area contributed by atoms with E-state index < -0.39 is 17.4 Å². The number of esters is 2. The number of carbonyl (C=O) groups is 2. The summed E-state index contributed by atoms with van der Waals surface area (Å²) in [4.78, 5) is 24.4. The monoisotopic (exact) mass is 823 g/mol. The Bertz CT molecular complexity index is 1990. The maximum Gasteiger partial charge on any atom is 0.333 e. The van der Waals surface area contributed by atoms with Crippen LogP contribution in [0.2, 0.25) is 0 Å². The van der Waals surface area contributed by atoms with Crippen LogP contribution in [-0.2, 0) is 38.3 Å². The molecule has 0 spiro atoms. The zero-order chi connectivity index (χ0) is 44.2. The van der Waals surface area contributed by atoms with Crippen molar-refractivity contribution in [3.05, 3.63) is 101 Å². The Kier molecular flexibility index (Phi) is 19.3. The average molecular weight is 824 g/mol. The lowest BCUT2D eigenvalue weighted by Gasteiger charge is -2.29. The van der Waals surface area contributed by atoms with Crippen LogP contribution in [-0.4, -0.2) is 31.8 Å². The van der Waals surface area contributed by atoms with E-state index in [0.29, 0.717) is 48.5 Å². The standard InChI is InChI=1S/C53H65N3O5/c1-7-9-10-13-40-16-18-42(19-17-40)43-20-22-44(23-21-43)45-24-25-49(41(8-2)34-45)48-35-46(14-11-32-59-51(57)38(3)4)50(47(36-48)15-12-33-60-52(58)39(5)6)61-37-53(26-29-54,27-30-55)28-31-56/h20-25,34-36,40,42H,3,5,7-19,26-28,32-33,37H2,1-2,4,6H3. The molecule has 8 heteroatoms. The first-order valence-electron chi connectivity index (χ1n) is 22.3. The van der Waals surface area contributed by atoms with Crippen LogP contribution in [0.15, 0.2) is 78.9 Å². The fourth-order valence-electron chi connectivity index (χ4n) is 8.40. The zero-order valence-electron chi connectivity index (χ0n) is 37.1. The molecule has 4 rings (SSSR count). The molecule has 1 fully saturated rings. The van der Waals surface area contributed by atoms with Gasteiger partial charge in [0, 0.05) is 35.8 Å². The van der Waals surface area contributed by atoms with Crippen molar-refractivity contribution in [2.24, 2.45) is 11.3 Å². The molecule has 0 saturated heterocycles. The van der Waals surface area contributed by atoms with E-state index in [4.69, 9.17) is 14.2 Å². The molecule has 0 N–H and O–H groups in total. The number of aryl methyl sites for hydroxylation is 3. The number of hydrogen-bond acceptors (Lipinski definition) is 8. The largest absolute Gasteiger partial charge is 0.492 e. The first kappa shape index (κ1) is 48.0. The van der Waals surface area contributed by atoms with Gasteiger partial charge >= 0.3 is 11.9 Å². The molecule has 0 aliphatic heterocycles. The highest BCUT2D eigenvalue weighted by atomic mass is 16.5. The summed E-state index contributed by atoms with van der Waals surface area (Å²) in [6, 6.07) is 26.6. The van der Waals surface area contributed by atoms with Gasteiger partial charge in [-0.2, -0.15) is 15.8 Å². The van der Waals surface area contributed by atoms with Crippen molar-refractivity contribution in [1.29, 1.82) is 15.8 Å². The molecule has 1 saturated carbocycles. The van der Waals surface area contributed by atoms with E-state index in [0.717, 1.165) is 40.2 Å². The second-order valence-electron chi connectivity index (χ2n) is 17.0. The predicted octanol–water partition coefficient (Wildman–Crippen LogP) is 12.6. The van der Waals surface area contributed by atoms with E-state index in [9.17, 15) is 25.4 Å². The summed E-state index contributed by atoms with van der Waals surface area (Å²) in [5, 5.41) is 29.1. The van der Waals surface area contributed by atoms with Gasteiger partial charge in [0.1, 0.15) is 5.75 Å². The Morgan fingerprint density at radius 2 is 1.21 bits per heavy atom. The normalized spacial score (nSPS) is 14.8. The maximum absolute atomic E-state index is 12.2. The number of benzene rings is 3. The van der Waals surface area contributed by atoms with Crippen molar-refractivity contribution in [2.75, 3.05) is 19.8 Å². The molecule has 1 aliphatic rings. The Morgan fingerprint density at radius 3 is 1.70 bits per heavy atom. The molecule has 0 unspecified atom stereocenters. The van der Waals surface area contributed by atoms with Gasteiger partial charge in [0.2, 0.25) is 0 Å². The number of carbonyl (C=O) groups excluding carboxylic acids is 2. The van der Waals surface area contributed by atoms with Crippen LogP contribution in [0, 0.1) is 45.3 Å². The number of unbranched alkanes of at least 4 members (excludes halogenated alkanes) is 2. The van der Waals surface area contributed by atoms with E-state index in [1.54, 1.807) is 13.8 Å². The molecular weight excluding hydrogens is 759 g/mol. The number of nitriles is 3. The maximum atomic E-state index is 12.2. The van der Waals surface area contributed by atoms with Gasteiger partial charge in [-0.25, -0.2) is 9.59 Å². The molecule has 0 amide bonds. The lowest BCUT2D eigenvalue weighted by molar-refractivity contribution is -0.139. The average Bonchev–Trinajstić information content (AvgIpc) is 3.26.